The summed E-state index contributed by atoms with van der Waals surface area (Å²) in [6, 6.07) is 4.15. The number of carbonyl (C=O) groups is 2. The van der Waals surface area contributed by atoms with Gasteiger partial charge in [-0.2, -0.15) is 0 Å². The second kappa shape index (κ2) is 6.07. The number of esters is 2. The Morgan fingerprint density at radius 3 is 2.59 bits per heavy atom. The predicted octanol–water partition coefficient (Wildman–Crippen LogP) is 2.11. The highest BCUT2D eigenvalue weighted by molar-refractivity contribution is 5.87. The van der Waals surface area contributed by atoms with Crippen molar-refractivity contribution >= 4 is 11.9 Å². The van der Waals surface area contributed by atoms with Gasteiger partial charge in [-0.25, -0.2) is 0 Å². The monoisotopic (exact) mass is 439 g/mol. The third-order valence-electron chi connectivity index (χ3n) is 9.50. The first-order chi connectivity index (χ1) is 15.3. The molecule has 0 N–H and O–H groups in total. The van der Waals surface area contributed by atoms with Gasteiger partial charge >= 0.3 is 11.9 Å². The number of carbonyl (C=O) groups excluding carboxylic acids is 2. The molecule has 6 aliphatic rings. The lowest BCUT2D eigenvalue weighted by atomic mass is 9.32. The van der Waals surface area contributed by atoms with Crippen LogP contribution in [0.1, 0.15) is 24.5 Å². The number of piperidine rings is 1. The van der Waals surface area contributed by atoms with Crippen LogP contribution in [0.5, 0.6) is 11.5 Å². The molecule has 4 aliphatic carbocycles. The average molecular weight is 440 g/mol. The fourth-order valence-electron chi connectivity index (χ4n) is 8.45. The van der Waals surface area contributed by atoms with E-state index >= 15 is 0 Å². The van der Waals surface area contributed by atoms with Gasteiger partial charge in [-0.3, -0.25) is 9.59 Å². The Morgan fingerprint density at radius 1 is 1.16 bits per heavy atom. The van der Waals surface area contributed by atoms with Gasteiger partial charge in [0.15, 0.2) is 11.5 Å². The van der Waals surface area contributed by atoms with Crippen LogP contribution in [-0.4, -0.2) is 63.4 Å². The van der Waals surface area contributed by atoms with Gasteiger partial charge in [-0.1, -0.05) is 18.2 Å². The van der Waals surface area contributed by atoms with Crippen LogP contribution in [0, 0.1) is 23.2 Å². The van der Waals surface area contributed by atoms with Gasteiger partial charge in [-0.15, -0.1) is 0 Å². The maximum Gasteiger partial charge on any atom is 0.310 e. The summed E-state index contributed by atoms with van der Waals surface area (Å²) in [6.45, 7) is 3.01. The van der Waals surface area contributed by atoms with E-state index in [0.29, 0.717) is 5.75 Å². The first kappa shape index (κ1) is 20.1. The average Bonchev–Trinajstić information content (AvgIpc) is 3.09. The molecule has 0 amide bonds. The van der Waals surface area contributed by atoms with E-state index in [0.717, 1.165) is 30.7 Å². The van der Waals surface area contributed by atoms with Crippen LogP contribution in [0.3, 0.4) is 0 Å². The van der Waals surface area contributed by atoms with Crippen molar-refractivity contribution < 1.29 is 28.5 Å². The van der Waals surface area contributed by atoms with Gasteiger partial charge in [0.05, 0.1) is 38.6 Å². The topological polar surface area (TPSA) is 74.3 Å². The second-order valence-corrected chi connectivity index (χ2v) is 10.1. The van der Waals surface area contributed by atoms with Gasteiger partial charge in [0.1, 0.15) is 5.60 Å². The molecule has 0 unspecified atom stereocenters. The number of hydrogen-bond acceptors (Lipinski definition) is 7. The summed E-state index contributed by atoms with van der Waals surface area (Å²) in [5.41, 5.74) is 0.579. The van der Waals surface area contributed by atoms with E-state index in [1.165, 1.54) is 19.8 Å². The maximum absolute atomic E-state index is 13.5. The largest absolute Gasteiger partial charge is 0.493 e. The summed E-state index contributed by atoms with van der Waals surface area (Å²) in [6.07, 6.45) is 5.92. The van der Waals surface area contributed by atoms with Crippen molar-refractivity contribution in [2.75, 3.05) is 34.9 Å². The standard InChI is InChI=1S/C25H29NO6/c1-23-14-8-9-24(19(22(28)31-5)17(14)21(27)30-4)16-12-13-6-7-15(29-3)20(32-23)18(13)25(23,24)10-11-26(16)2/h6-9,14,16-17,19H,10-12H2,1-5H3/t14-,16-,17-,19-,23-,24+,25+/m1/s1. The van der Waals surface area contributed by atoms with Crippen LogP contribution in [0.4, 0.5) is 0 Å². The molecule has 2 heterocycles. The number of fused-ring (bicyclic) bond motifs is 1. The molecule has 1 saturated carbocycles. The first-order valence-corrected chi connectivity index (χ1v) is 11.3. The molecular formula is C25H29NO6. The minimum Gasteiger partial charge on any atom is -0.493 e. The molecule has 7 rings (SSSR count). The Morgan fingerprint density at radius 2 is 1.91 bits per heavy atom. The summed E-state index contributed by atoms with van der Waals surface area (Å²) in [5, 5.41) is 0. The van der Waals surface area contributed by atoms with Crippen molar-refractivity contribution in [3.63, 3.8) is 0 Å². The Labute approximate surface area is 187 Å². The molecule has 7 heteroatoms. The first-order valence-electron chi connectivity index (χ1n) is 11.3. The lowest BCUT2D eigenvalue weighted by Gasteiger charge is -2.73. The molecule has 32 heavy (non-hydrogen) atoms. The van der Waals surface area contributed by atoms with Crippen molar-refractivity contribution in [3.8, 4) is 11.5 Å². The zero-order chi connectivity index (χ0) is 22.6. The Hall–Kier alpha value is -2.54. The van der Waals surface area contributed by atoms with E-state index < -0.39 is 28.3 Å². The van der Waals surface area contributed by atoms with Crippen molar-refractivity contribution in [1.82, 2.24) is 4.90 Å². The summed E-state index contributed by atoms with van der Waals surface area (Å²) in [5.74, 6) is -0.920. The lowest BCUT2D eigenvalue weighted by Crippen LogP contribution is -2.82. The molecule has 2 fully saturated rings. The number of likely N-dealkylation sites (tertiary alicyclic amines) is 1. The molecule has 170 valence electrons. The normalized spacial score (nSPS) is 42.2. The van der Waals surface area contributed by atoms with Crippen LogP contribution in [-0.2, 0) is 30.9 Å². The van der Waals surface area contributed by atoms with Crippen molar-refractivity contribution in [2.45, 2.75) is 36.8 Å². The molecular weight excluding hydrogens is 410 g/mol. The highest BCUT2D eigenvalue weighted by Crippen LogP contribution is 2.78. The zero-order valence-electron chi connectivity index (χ0n) is 19.1. The fourth-order valence-corrected chi connectivity index (χ4v) is 8.45. The predicted molar refractivity (Wildman–Crippen MR) is 115 cm³/mol. The molecule has 1 saturated heterocycles. The number of benzene rings is 1. The van der Waals surface area contributed by atoms with Crippen LogP contribution in [0.15, 0.2) is 24.3 Å². The third kappa shape index (κ3) is 1.80. The van der Waals surface area contributed by atoms with E-state index in [-0.39, 0.29) is 23.9 Å². The summed E-state index contributed by atoms with van der Waals surface area (Å²) in [4.78, 5) is 29.1. The van der Waals surface area contributed by atoms with E-state index in [1.807, 2.05) is 6.07 Å². The highest BCUT2D eigenvalue weighted by atomic mass is 16.5. The van der Waals surface area contributed by atoms with Gasteiger partial charge in [-0.05, 0) is 45.0 Å². The minimum atomic E-state index is -0.712. The maximum atomic E-state index is 13.5. The smallest absolute Gasteiger partial charge is 0.310 e. The van der Waals surface area contributed by atoms with Crippen LogP contribution in [0.2, 0.25) is 0 Å². The summed E-state index contributed by atoms with van der Waals surface area (Å²) in [7, 11) is 6.57. The van der Waals surface area contributed by atoms with Crippen molar-refractivity contribution in [1.29, 1.82) is 0 Å². The number of ether oxygens (including phenoxy) is 4. The number of nitrogens with zero attached hydrogens (tertiary/aromatic N) is 1. The molecule has 1 aromatic carbocycles. The lowest BCUT2D eigenvalue weighted by molar-refractivity contribution is -0.226. The van der Waals surface area contributed by atoms with Gasteiger partial charge in [0.2, 0.25) is 0 Å². The number of rotatable bonds is 3. The van der Waals surface area contributed by atoms with Crippen LogP contribution in [0.25, 0.3) is 0 Å². The van der Waals surface area contributed by atoms with Crippen LogP contribution >= 0.6 is 0 Å². The Bertz CT molecular complexity index is 1080. The Balaban J connectivity index is 1.74. The molecule has 7 nitrogen and oxygen atoms in total. The summed E-state index contributed by atoms with van der Waals surface area (Å²) < 4.78 is 23.2. The SMILES string of the molecule is COC(=O)[C@@H]1[C@H]2C=C[C@@]3([C@H]1C(=O)OC)[C@H]1Cc4ccc(OC)c5c4[C@@]3(CCN1C)[C@]2(C)O5. The minimum absolute atomic E-state index is 0.0276. The van der Waals surface area contributed by atoms with Crippen molar-refractivity contribution in [2.24, 2.45) is 23.2 Å². The van der Waals surface area contributed by atoms with E-state index in [4.69, 9.17) is 18.9 Å². The van der Waals surface area contributed by atoms with Gasteiger partial charge < -0.3 is 23.8 Å². The molecule has 2 aliphatic heterocycles. The molecule has 0 radical (unpaired) electrons. The van der Waals surface area contributed by atoms with E-state index in [9.17, 15) is 9.59 Å². The third-order valence-corrected chi connectivity index (χ3v) is 9.50. The van der Waals surface area contributed by atoms with E-state index in [1.54, 1.807) is 7.11 Å². The molecule has 1 aromatic rings. The van der Waals surface area contributed by atoms with Crippen LogP contribution < -0.4 is 9.47 Å². The summed E-state index contributed by atoms with van der Waals surface area (Å²) >= 11 is 0. The number of methoxy groups -OCH3 is 3. The van der Waals surface area contributed by atoms with Crippen molar-refractivity contribution in [3.05, 3.63) is 35.4 Å². The van der Waals surface area contributed by atoms with Gasteiger partial charge in [0, 0.05) is 22.9 Å². The number of likely N-dealkylation sites (N-methyl/N-ethyl adjacent to an activating group) is 1. The zero-order valence-corrected chi connectivity index (χ0v) is 19.1. The highest BCUT2D eigenvalue weighted by Gasteiger charge is 2.84. The number of hydrogen-bond donors (Lipinski definition) is 0. The molecule has 2 spiro atoms. The molecule has 4 bridgehead atoms. The quantitative estimate of drug-likeness (QED) is 0.528. The second-order valence-electron chi connectivity index (χ2n) is 10.1. The molecule has 7 atom stereocenters. The van der Waals surface area contributed by atoms with E-state index in [2.05, 4.69) is 37.1 Å². The molecule has 0 aromatic heterocycles. The van der Waals surface area contributed by atoms with Gasteiger partial charge in [0.25, 0.3) is 0 Å². The Kier molecular flexibility index (Phi) is 3.81. The fraction of sp³-hybridized carbons (Fsp3) is 0.600.